The van der Waals surface area contributed by atoms with Gasteiger partial charge in [-0.25, -0.2) is 0 Å². The molecule has 0 fully saturated rings. The molecule has 0 aliphatic heterocycles. The molecule has 0 N–H and O–H groups in total. The van der Waals surface area contributed by atoms with Crippen LogP contribution in [0.25, 0.3) is 10.8 Å². The number of halogens is 2. The smallest absolute Gasteiger partial charge is 0.0356 e. The van der Waals surface area contributed by atoms with Crippen molar-refractivity contribution in [3.8, 4) is 0 Å². The van der Waals surface area contributed by atoms with Gasteiger partial charge in [0, 0.05) is 8.95 Å². The molecule has 0 aliphatic rings. The molecule has 3 heteroatoms. The van der Waals surface area contributed by atoms with E-state index in [4.69, 9.17) is 0 Å². The fraction of sp³-hybridized carbons (Fsp3) is 0.200. The Hall–Kier alpha value is 0.140. The van der Waals surface area contributed by atoms with Crippen molar-refractivity contribution in [3.63, 3.8) is 0 Å². The molecular formula is C10H8Br2S. The van der Waals surface area contributed by atoms with Crippen LogP contribution >= 0.6 is 43.2 Å². The van der Waals surface area contributed by atoms with Crippen molar-refractivity contribution < 1.29 is 0 Å². The quantitative estimate of drug-likeness (QED) is 0.638. The third-order valence-corrected chi connectivity index (χ3v) is 5.58. The molecule has 0 spiro atoms. The van der Waals surface area contributed by atoms with E-state index >= 15 is 0 Å². The molecule has 1 aromatic carbocycles. The highest BCUT2D eigenvalue weighted by Gasteiger charge is 2.10. The maximum absolute atomic E-state index is 3.59. The lowest BCUT2D eigenvalue weighted by atomic mass is 10.1. The van der Waals surface area contributed by atoms with Gasteiger partial charge in [-0.1, -0.05) is 0 Å². The molecule has 0 bridgehead atoms. The van der Waals surface area contributed by atoms with Gasteiger partial charge in [-0.05, 0) is 78.4 Å². The van der Waals surface area contributed by atoms with Crippen LogP contribution in [0.4, 0.5) is 0 Å². The average molecular weight is 320 g/mol. The van der Waals surface area contributed by atoms with Crippen LogP contribution in [0.2, 0.25) is 0 Å². The first kappa shape index (κ1) is 9.69. The van der Waals surface area contributed by atoms with Crippen LogP contribution in [-0.4, -0.2) is 0 Å². The minimum Gasteiger partial charge on any atom is -0.151 e. The second kappa shape index (κ2) is 3.37. The number of thiophene rings is 1. The van der Waals surface area contributed by atoms with Crippen LogP contribution < -0.4 is 0 Å². The first-order valence-corrected chi connectivity index (χ1v) is 6.46. The Morgan fingerprint density at radius 1 is 0.923 bits per heavy atom. The first-order valence-electron chi connectivity index (χ1n) is 3.93. The topological polar surface area (TPSA) is 0 Å². The first-order chi connectivity index (χ1) is 6.13. The Morgan fingerprint density at radius 2 is 1.31 bits per heavy atom. The van der Waals surface area contributed by atoms with Gasteiger partial charge >= 0.3 is 0 Å². The van der Waals surface area contributed by atoms with E-state index in [-0.39, 0.29) is 0 Å². The molecule has 0 amide bonds. The molecule has 2 rings (SSSR count). The summed E-state index contributed by atoms with van der Waals surface area (Å²) >= 11 is 8.94. The molecule has 2 aromatic rings. The molecule has 1 aromatic heterocycles. The van der Waals surface area contributed by atoms with Gasteiger partial charge in [0.15, 0.2) is 0 Å². The highest BCUT2D eigenvalue weighted by atomic mass is 79.9. The Labute approximate surface area is 98.2 Å². The molecule has 0 radical (unpaired) electrons. The summed E-state index contributed by atoms with van der Waals surface area (Å²) < 4.78 is 2.35. The number of rotatable bonds is 0. The Balaban J connectivity index is 3.02. The van der Waals surface area contributed by atoms with E-state index in [0.717, 1.165) is 0 Å². The fourth-order valence-corrected chi connectivity index (χ4v) is 3.41. The molecular weight excluding hydrogens is 312 g/mol. The maximum Gasteiger partial charge on any atom is 0.0356 e. The van der Waals surface area contributed by atoms with Crippen molar-refractivity contribution in [1.82, 2.24) is 0 Å². The number of hydrogen-bond donors (Lipinski definition) is 0. The number of benzene rings is 1. The monoisotopic (exact) mass is 318 g/mol. The molecule has 0 nitrogen and oxygen atoms in total. The van der Waals surface area contributed by atoms with E-state index in [1.54, 1.807) is 11.3 Å². The zero-order valence-electron chi connectivity index (χ0n) is 7.32. The zero-order chi connectivity index (χ0) is 9.59. The predicted molar refractivity (Wildman–Crippen MR) is 66.7 cm³/mol. The fourth-order valence-electron chi connectivity index (χ4n) is 1.44. The SMILES string of the molecule is Cc1c(Br)c(Br)c(C)c2cscc12. The van der Waals surface area contributed by atoms with Crippen molar-refractivity contribution >= 4 is 54.0 Å². The molecule has 0 atom stereocenters. The highest BCUT2D eigenvalue weighted by molar-refractivity contribution is 9.13. The lowest BCUT2D eigenvalue weighted by Crippen LogP contribution is -1.84. The zero-order valence-corrected chi connectivity index (χ0v) is 11.3. The maximum atomic E-state index is 3.59. The summed E-state index contributed by atoms with van der Waals surface area (Å²) in [6, 6.07) is 0. The summed E-state index contributed by atoms with van der Waals surface area (Å²) in [6.45, 7) is 4.28. The summed E-state index contributed by atoms with van der Waals surface area (Å²) in [4.78, 5) is 0. The van der Waals surface area contributed by atoms with Gasteiger partial charge in [0.25, 0.3) is 0 Å². The van der Waals surface area contributed by atoms with E-state index in [1.165, 1.54) is 30.8 Å². The Kier molecular flexibility index (Phi) is 2.51. The molecule has 13 heavy (non-hydrogen) atoms. The highest BCUT2D eigenvalue weighted by Crippen LogP contribution is 2.38. The van der Waals surface area contributed by atoms with Crippen molar-refractivity contribution in [3.05, 3.63) is 30.8 Å². The normalized spacial score (nSPS) is 11.1. The number of fused-ring (bicyclic) bond motifs is 1. The van der Waals surface area contributed by atoms with E-state index in [1.807, 2.05) is 0 Å². The summed E-state index contributed by atoms with van der Waals surface area (Å²) in [6.07, 6.45) is 0. The van der Waals surface area contributed by atoms with Crippen LogP contribution in [0.15, 0.2) is 19.7 Å². The third kappa shape index (κ3) is 1.37. The van der Waals surface area contributed by atoms with Crippen molar-refractivity contribution in [2.24, 2.45) is 0 Å². The Bertz CT molecular complexity index is 429. The molecule has 0 saturated carbocycles. The largest absolute Gasteiger partial charge is 0.151 e. The number of hydrogen-bond acceptors (Lipinski definition) is 1. The summed E-state index contributed by atoms with van der Waals surface area (Å²) in [5, 5.41) is 7.12. The van der Waals surface area contributed by atoms with Gasteiger partial charge in [-0.3, -0.25) is 0 Å². The molecule has 1 heterocycles. The lowest BCUT2D eigenvalue weighted by Gasteiger charge is -2.07. The van der Waals surface area contributed by atoms with Crippen LogP contribution in [0, 0.1) is 13.8 Å². The van der Waals surface area contributed by atoms with E-state index in [9.17, 15) is 0 Å². The van der Waals surface area contributed by atoms with Crippen molar-refractivity contribution in [2.75, 3.05) is 0 Å². The van der Waals surface area contributed by atoms with E-state index < -0.39 is 0 Å². The summed E-state index contributed by atoms with van der Waals surface area (Å²) in [7, 11) is 0. The van der Waals surface area contributed by atoms with Crippen LogP contribution in [0.3, 0.4) is 0 Å². The van der Waals surface area contributed by atoms with Crippen molar-refractivity contribution in [2.45, 2.75) is 13.8 Å². The molecule has 0 aliphatic carbocycles. The predicted octanol–water partition coefficient (Wildman–Crippen LogP) is 5.04. The van der Waals surface area contributed by atoms with Gasteiger partial charge in [-0.15, -0.1) is 0 Å². The van der Waals surface area contributed by atoms with Gasteiger partial charge < -0.3 is 0 Å². The minimum absolute atomic E-state index is 1.18. The van der Waals surface area contributed by atoms with Crippen molar-refractivity contribution in [1.29, 1.82) is 0 Å². The van der Waals surface area contributed by atoms with Gasteiger partial charge in [0.1, 0.15) is 0 Å². The lowest BCUT2D eigenvalue weighted by molar-refractivity contribution is 1.40. The van der Waals surface area contributed by atoms with Crippen LogP contribution in [0.1, 0.15) is 11.1 Å². The molecule has 68 valence electrons. The Morgan fingerprint density at radius 3 is 1.69 bits per heavy atom. The van der Waals surface area contributed by atoms with E-state index in [0.29, 0.717) is 0 Å². The molecule has 0 unspecified atom stereocenters. The van der Waals surface area contributed by atoms with Crippen LogP contribution in [-0.2, 0) is 0 Å². The van der Waals surface area contributed by atoms with Gasteiger partial charge in [-0.2, -0.15) is 11.3 Å². The minimum atomic E-state index is 1.18. The third-order valence-electron chi connectivity index (χ3n) is 2.32. The van der Waals surface area contributed by atoms with Crippen LogP contribution in [0.5, 0.6) is 0 Å². The average Bonchev–Trinajstić information content (AvgIpc) is 2.59. The van der Waals surface area contributed by atoms with Gasteiger partial charge in [0.2, 0.25) is 0 Å². The second-order valence-corrected chi connectivity index (χ2v) is 5.41. The summed E-state index contributed by atoms with van der Waals surface area (Å²) in [5.74, 6) is 0. The summed E-state index contributed by atoms with van der Waals surface area (Å²) in [5.41, 5.74) is 2.63. The standard InChI is InChI=1S/C10H8Br2S/c1-5-7-3-13-4-8(7)6(2)10(12)9(5)11/h3-4H,1-2H3. The van der Waals surface area contributed by atoms with Gasteiger partial charge in [0.05, 0.1) is 0 Å². The number of aryl methyl sites for hydroxylation is 2. The van der Waals surface area contributed by atoms with E-state index in [2.05, 4.69) is 56.5 Å². The second-order valence-electron chi connectivity index (χ2n) is 3.08. The molecule has 0 saturated heterocycles.